The fourth-order valence-corrected chi connectivity index (χ4v) is 2.41. The van der Waals surface area contributed by atoms with Gasteiger partial charge < -0.3 is 9.47 Å². The van der Waals surface area contributed by atoms with Crippen molar-refractivity contribution in [2.45, 2.75) is 6.54 Å². The summed E-state index contributed by atoms with van der Waals surface area (Å²) in [6, 6.07) is 14.5. The number of carbonyl (C=O) groups is 1. The first kappa shape index (κ1) is 16.1. The summed E-state index contributed by atoms with van der Waals surface area (Å²) in [5, 5.41) is 4.84. The number of nitrogens with zero attached hydrogens (tertiary/aromatic N) is 2. The van der Waals surface area contributed by atoms with Gasteiger partial charge in [-0.3, -0.25) is 4.68 Å². The number of benzene rings is 2. The molecule has 0 aliphatic carbocycles. The number of para-hydroxylation sites is 2. The van der Waals surface area contributed by atoms with Gasteiger partial charge in [-0.05, 0) is 23.8 Å². The SMILES string of the molecule is COc1ccccc1OC(=O)c1cnn(Cc2ccccc2Cl)c1. The number of halogens is 1. The Hall–Kier alpha value is -2.79. The van der Waals surface area contributed by atoms with E-state index >= 15 is 0 Å². The molecule has 0 radical (unpaired) electrons. The molecule has 0 saturated heterocycles. The van der Waals surface area contributed by atoms with Gasteiger partial charge in [0.05, 0.1) is 25.4 Å². The van der Waals surface area contributed by atoms with Gasteiger partial charge in [-0.25, -0.2) is 4.79 Å². The van der Waals surface area contributed by atoms with Crippen LogP contribution in [0.3, 0.4) is 0 Å². The number of carbonyl (C=O) groups excluding carboxylic acids is 1. The highest BCUT2D eigenvalue weighted by atomic mass is 35.5. The van der Waals surface area contributed by atoms with Gasteiger partial charge in [0, 0.05) is 11.2 Å². The van der Waals surface area contributed by atoms with Crippen molar-refractivity contribution in [2.24, 2.45) is 0 Å². The van der Waals surface area contributed by atoms with Crippen LogP contribution in [0.15, 0.2) is 60.9 Å². The Labute approximate surface area is 144 Å². The van der Waals surface area contributed by atoms with Gasteiger partial charge in [0.1, 0.15) is 0 Å². The van der Waals surface area contributed by atoms with Crippen molar-refractivity contribution >= 4 is 17.6 Å². The third-order valence-corrected chi connectivity index (χ3v) is 3.80. The van der Waals surface area contributed by atoms with Gasteiger partial charge in [-0.2, -0.15) is 5.10 Å². The van der Waals surface area contributed by atoms with Crippen LogP contribution < -0.4 is 9.47 Å². The summed E-state index contributed by atoms with van der Waals surface area (Å²) >= 11 is 6.14. The molecule has 122 valence electrons. The average molecular weight is 343 g/mol. The first-order chi connectivity index (χ1) is 11.7. The number of ether oxygens (including phenoxy) is 2. The zero-order valence-corrected chi connectivity index (χ0v) is 13.7. The Kier molecular flexibility index (Phi) is 4.82. The lowest BCUT2D eigenvalue weighted by atomic mass is 10.2. The van der Waals surface area contributed by atoms with Gasteiger partial charge >= 0.3 is 5.97 Å². The molecular weight excluding hydrogens is 328 g/mol. The molecule has 5 nitrogen and oxygen atoms in total. The zero-order chi connectivity index (χ0) is 16.9. The normalized spacial score (nSPS) is 10.4. The Morgan fingerprint density at radius 3 is 2.58 bits per heavy atom. The number of hydrogen-bond donors (Lipinski definition) is 0. The molecule has 24 heavy (non-hydrogen) atoms. The fourth-order valence-electron chi connectivity index (χ4n) is 2.22. The van der Waals surface area contributed by atoms with E-state index in [1.54, 1.807) is 35.1 Å². The lowest BCUT2D eigenvalue weighted by molar-refractivity contribution is 0.0729. The number of esters is 1. The molecule has 0 saturated carbocycles. The maximum Gasteiger partial charge on any atom is 0.346 e. The molecule has 0 atom stereocenters. The Balaban J connectivity index is 1.73. The first-order valence-corrected chi connectivity index (χ1v) is 7.66. The topological polar surface area (TPSA) is 53.4 Å². The molecule has 0 amide bonds. The van der Waals surface area contributed by atoms with E-state index in [4.69, 9.17) is 21.1 Å². The quantitative estimate of drug-likeness (QED) is 0.522. The van der Waals surface area contributed by atoms with Crippen molar-refractivity contribution in [1.29, 1.82) is 0 Å². The highest BCUT2D eigenvalue weighted by molar-refractivity contribution is 6.31. The van der Waals surface area contributed by atoms with Gasteiger partial charge in [0.2, 0.25) is 0 Å². The van der Waals surface area contributed by atoms with Crippen LogP contribution in [0.25, 0.3) is 0 Å². The molecule has 0 bridgehead atoms. The van der Waals surface area contributed by atoms with E-state index in [0.29, 0.717) is 28.6 Å². The molecule has 0 aliphatic heterocycles. The van der Waals surface area contributed by atoms with E-state index in [-0.39, 0.29) is 0 Å². The average Bonchev–Trinajstić information content (AvgIpc) is 3.06. The van der Waals surface area contributed by atoms with Gasteiger partial charge in [0.25, 0.3) is 0 Å². The molecule has 1 heterocycles. The molecule has 0 fully saturated rings. The van der Waals surface area contributed by atoms with Gasteiger partial charge in [-0.1, -0.05) is 41.9 Å². The molecular formula is C18H15ClN2O3. The predicted octanol–water partition coefficient (Wildman–Crippen LogP) is 3.81. The minimum absolute atomic E-state index is 0.355. The molecule has 0 aliphatic rings. The van der Waals surface area contributed by atoms with Crippen molar-refractivity contribution in [1.82, 2.24) is 9.78 Å². The third kappa shape index (κ3) is 3.58. The second-order valence-electron chi connectivity index (χ2n) is 5.06. The predicted molar refractivity (Wildman–Crippen MR) is 90.7 cm³/mol. The summed E-state index contributed by atoms with van der Waals surface area (Å²) in [6.45, 7) is 0.474. The smallest absolute Gasteiger partial charge is 0.346 e. The van der Waals surface area contributed by atoms with Crippen LogP contribution in [-0.2, 0) is 6.54 Å². The Morgan fingerprint density at radius 1 is 1.12 bits per heavy atom. The highest BCUT2D eigenvalue weighted by Gasteiger charge is 2.14. The zero-order valence-electron chi connectivity index (χ0n) is 13.0. The molecule has 0 N–H and O–H groups in total. The van der Waals surface area contributed by atoms with Crippen LogP contribution in [0.5, 0.6) is 11.5 Å². The summed E-state index contributed by atoms with van der Waals surface area (Å²) < 4.78 is 12.2. The molecule has 1 aromatic heterocycles. The lowest BCUT2D eigenvalue weighted by Gasteiger charge is -2.07. The largest absolute Gasteiger partial charge is 0.493 e. The van der Waals surface area contributed by atoms with Gasteiger partial charge in [0.15, 0.2) is 11.5 Å². The number of hydrogen-bond acceptors (Lipinski definition) is 4. The van der Waals surface area contributed by atoms with E-state index < -0.39 is 5.97 Å². The second kappa shape index (κ2) is 7.19. The molecule has 6 heteroatoms. The number of methoxy groups -OCH3 is 1. The standard InChI is InChI=1S/C18H15ClN2O3/c1-23-16-8-4-5-9-17(16)24-18(22)14-10-20-21(12-14)11-13-6-2-3-7-15(13)19/h2-10,12H,11H2,1H3. The summed E-state index contributed by atoms with van der Waals surface area (Å²) in [6.07, 6.45) is 3.09. The minimum Gasteiger partial charge on any atom is -0.493 e. The van der Waals surface area contributed by atoms with E-state index in [9.17, 15) is 4.79 Å². The summed E-state index contributed by atoms with van der Waals surface area (Å²) in [4.78, 5) is 12.3. The molecule has 3 aromatic rings. The fraction of sp³-hybridized carbons (Fsp3) is 0.111. The van der Waals surface area contributed by atoms with Crippen LogP contribution in [0.4, 0.5) is 0 Å². The van der Waals surface area contributed by atoms with E-state index in [2.05, 4.69) is 5.10 Å². The second-order valence-corrected chi connectivity index (χ2v) is 5.47. The van der Waals surface area contributed by atoms with E-state index in [1.807, 2.05) is 24.3 Å². The van der Waals surface area contributed by atoms with Crippen LogP contribution in [0.2, 0.25) is 5.02 Å². The summed E-state index contributed by atoms with van der Waals surface area (Å²) in [5.41, 5.74) is 1.28. The Bertz CT molecular complexity index is 861. The summed E-state index contributed by atoms with van der Waals surface area (Å²) in [7, 11) is 1.52. The minimum atomic E-state index is -0.495. The van der Waals surface area contributed by atoms with Crippen molar-refractivity contribution < 1.29 is 14.3 Å². The molecule has 0 unspecified atom stereocenters. The van der Waals surface area contributed by atoms with Crippen molar-refractivity contribution in [3.05, 3.63) is 77.1 Å². The van der Waals surface area contributed by atoms with Crippen molar-refractivity contribution in [3.63, 3.8) is 0 Å². The maximum atomic E-state index is 12.3. The van der Waals surface area contributed by atoms with Crippen molar-refractivity contribution in [3.8, 4) is 11.5 Å². The highest BCUT2D eigenvalue weighted by Crippen LogP contribution is 2.26. The van der Waals surface area contributed by atoms with E-state index in [1.165, 1.54) is 13.3 Å². The number of rotatable bonds is 5. The lowest BCUT2D eigenvalue weighted by Crippen LogP contribution is -2.08. The number of aromatic nitrogens is 2. The van der Waals surface area contributed by atoms with Crippen LogP contribution in [-0.4, -0.2) is 22.9 Å². The summed E-state index contributed by atoms with van der Waals surface area (Å²) in [5.74, 6) is 0.364. The van der Waals surface area contributed by atoms with Gasteiger partial charge in [-0.15, -0.1) is 0 Å². The van der Waals surface area contributed by atoms with E-state index in [0.717, 1.165) is 5.56 Å². The molecule has 2 aromatic carbocycles. The molecule has 3 rings (SSSR count). The monoisotopic (exact) mass is 342 g/mol. The Morgan fingerprint density at radius 2 is 1.83 bits per heavy atom. The first-order valence-electron chi connectivity index (χ1n) is 7.28. The third-order valence-electron chi connectivity index (χ3n) is 3.43. The van der Waals surface area contributed by atoms with Crippen LogP contribution >= 0.6 is 11.6 Å². The van der Waals surface area contributed by atoms with Crippen molar-refractivity contribution in [2.75, 3.05) is 7.11 Å². The maximum absolute atomic E-state index is 12.3. The van der Waals surface area contributed by atoms with Crippen LogP contribution in [0, 0.1) is 0 Å². The van der Waals surface area contributed by atoms with Crippen LogP contribution in [0.1, 0.15) is 15.9 Å². The molecule has 0 spiro atoms.